The molecule has 0 heterocycles. The molecule has 4 nitrogen and oxygen atoms in total. The lowest BCUT2D eigenvalue weighted by Crippen LogP contribution is -2.37. The minimum absolute atomic E-state index is 0.262. The third kappa shape index (κ3) is 5.17. The Labute approximate surface area is 109 Å². The van der Waals surface area contributed by atoms with Crippen LogP contribution in [0.3, 0.4) is 0 Å². The zero-order valence-corrected chi connectivity index (χ0v) is 11.1. The Morgan fingerprint density at radius 1 is 1.39 bits per heavy atom. The van der Waals surface area contributed by atoms with Crippen molar-refractivity contribution in [2.75, 3.05) is 13.7 Å². The first kappa shape index (κ1) is 14.5. The highest BCUT2D eigenvalue weighted by molar-refractivity contribution is 5.28. The van der Waals surface area contributed by atoms with Crippen LogP contribution in [0.15, 0.2) is 24.3 Å². The maximum atomic E-state index is 8.98. The van der Waals surface area contributed by atoms with Crippen molar-refractivity contribution in [3.8, 4) is 11.8 Å². The van der Waals surface area contributed by atoms with Crippen LogP contribution in [0.2, 0.25) is 0 Å². The van der Waals surface area contributed by atoms with Gasteiger partial charge in [-0.1, -0.05) is 12.1 Å². The zero-order valence-electron chi connectivity index (χ0n) is 11.1. The van der Waals surface area contributed by atoms with Gasteiger partial charge in [0.15, 0.2) is 0 Å². The smallest absolute Gasteiger partial charge is 0.130 e. The predicted molar refractivity (Wildman–Crippen MR) is 70.3 cm³/mol. The van der Waals surface area contributed by atoms with Gasteiger partial charge in [0, 0.05) is 13.2 Å². The molecule has 1 aromatic carbocycles. The van der Waals surface area contributed by atoms with E-state index < -0.39 is 0 Å². The molecule has 1 rings (SSSR count). The summed E-state index contributed by atoms with van der Waals surface area (Å²) in [7, 11) is 1.66. The van der Waals surface area contributed by atoms with E-state index in [4.69, 9.17) is 14.7 Å². The van der Waals surface area contributed by atoms with Crippen molar-refractivity contribution in [1.29, 1.82) is 5.26 Å². The van der Waals surface area contributed by atoms with Gasteiger partial charge in [-0.2, -0.15) is 5.26 Å². The quantitative estimate of drug-likeness (QED) is 0.803. The molecule has 1 aromatic rings. The fourth-order valence-corrected chi connectivity index (χ4v) is 1.60. The molecule has 1 unspecified atom stereocenters. The zero-order chi connectivity index (χ0) is 13.4. The van der Waals surface area contributed by atoms with Gasteiger partial charge in [-0.15, -0.1) is 0 Å². The Morgan fingerprint density at radius 2 is 2.17 bits per heavy atom. The number of nitrogens with zero attached hydrogens (tertiary/aromatic N) is 1. The summed E-state index contributed by atoms with van der Waals surface area (Å²) in [5.41, 5.74) is 1.06. The summed E-state index contributed by atoms with van der Waals surface area (Å²) in [5, 5.41) is 12.1. The molecule has 0 aliphatic heterocycles. The van der Waals surface area contributed by atoms with Gasteiger partial charge in [0.25, 0.3) is 0 Å². The molecule has 0 spiro atoms. The molecule has 18 heavy (non-hydrogen) atoms. The van der Waals surface area contributed by atoms with Crippen LogP contribution in [0.1, 0.15) is 19.4 Å². The second-order valence-electron chi connectivity index (χ2n) is 4.39. The van der Waals surface area contributed by atoms with Crippen LogP contribution in [-0.2, 0) is 11.3 Å². The van der Waals surface area contributed by atoms with Crippen molar-refractivity contribution in [3.63, 3.8) is 0 Å². The highest BCUT2D eigenvalue weighted by Gasteiger charge is 2.09. The third-order valence-electron chi connectivity index (χ3n) is 2.32. The van der Waals surface area contributed by atoms with Crippen molar-refractivity contribution in [3.05, 3.63) is 29.8 Å². The van der Waals surface area contributed by atoms with E-state index >= 15 is 0 Å². The molecule has 1 atom stereocenters. The lowest BCUT2D eigenvalue weighted by molar-refractivity contribution is 0.184. The van der Waals surface area contributed by atoms with Crippen molar-refractivity contribution in [2.24, 2.45) is 0 Å². The van der Waals surface area contributed by atoms with Crippen LogP contribution < -0.4 is 10.1 Å². The van der Waals surface area contributed by atoms with Crippen LogP contribution >= 0.6 is 0 Å². The summed E-state index contributed by atoms with van der Waals surface area (Å²) in [6.07, 6.45) is 0. The van der Waals surface area contributed by atoms with E-state index in [-0.39, 0.29) is 12.1 Å². The number of benzene rings is 1. The van der Waals surface area contributed by atoms with Crippen molar-refractivity contribution < 1.29 is 9.47 Å². The summed E-state index contributed by atoms with van der Waals surface area (Å²) in [6.45, 7) is 4.90. The van der Waals surface area contributed by atoms with E-state index in [1.807, 2.05) is 38.1 Å². The second-order valence-corrected chi connectivity index (χ2v) is 4.39. The Hall–Kier alpha value is -1.57. The van der Waals surface area contributed by atoms with Gasteiger partial charge in [-0.05, 0) is 31.5 Å². The maximum absolute atomic E-state index is 8.98. The summed E-state index contributed by atoms with van der Waals surface area (Å²) in [6, 6.07) is 9.85. The monoisotopic (exact) mass is 248 g/mol. The molecular weight excluding hydrogens is 228 g/mol. The molecular formula is C14H20N2O2. The summed E-state index contributed by atoms with van der Waals surface area (Å²) >= 11 is 0. The molecule has 98 valence electrons. The molecule has 0 aromatic heterocycles. The molecule has 4 heteroatoms. The van der Waals surface area contributed by atoms with E-state index in [1.165, 1.54) is 0 Å². The largest absolute Gasteiger partial charge is 0.491 e. The van der Waals surface area contributed by atoms with E-state index in [9.17, 15) is 0 Å². The Morgan fingerprint density at radius 3 is 2.78 bits per heavy atom. The molecule has 1 N–H and O–H groups in total. The molecule has 0 radical (unpaired) electrons. The average molecular weight is 248 g/mol. The van der Waals surface area contributed by atoms with Gasteiger partial charge in [0.1, 0.15) is 18.4 Å². The fraction of sp³-hybridized carbons (Fsp3) is 0.500. The molecule has 0 fully saturated rings. The fourth-order valence-electron chi connectivity index (χ4n) is 1.60. The summed E-state index contributed by atoms with van der Waals surface area (Å²) in [4.78, 5) is 0. The molecule has 0 saturated carbocycles. The topological polar surface area (TPSA) is 54.3 Å². The van der Waals surface area contributed by atoms with Crippen LogP contribution in [-0.4, -0.2) is 25.8 Å². The Bertz CT molecular complexity index is 399. The van der Waals surface area contributed by atoms with Crippen LogP contribution in [0.4, 0.5) is 0 Å². The number of hydrogen-bond acceptors (Lipinski definition) is 4. The molecule has 0 saturated heterocycles. The molecule has 0 aliphatic carbocycles. The molecule has 0 aliphatic rings. The lowest BCUT2D eigenvalue weighted by Gasteiger charge is -2.15. The SMILES string of the molecule is COCc1cccc(OCC(C#N)NC(C)C)c1. The third-order valence-corrected chi connectivity index (χ3v) is 2.32. The van der Waals surface area contributed by atoms with Crippen LogP contribution in [0, 0.1) is 11.3 Å². The highest BCUT2D eigenvalue weighted by atomic mass is 16.5. The Balaban J connectivity index is 2.51. The first-order chi connectivity index (χ1) is 8.65. The normalized spacial score (nSPS) is 12.2. The first-order valence-electron chi connectivity index (χ1n) is 6.02. The molecule has 0 bridgehead atoms. The van der Waals surface area contributed by atoms with E-state index in [0.717, 1.165) is 11.3 Å². The van der Waals surface area contributed by atoms with Crippen molar-refractivity contribution in [1.82, 2.24) is 5.32 Å². The standard InChI is InChI=1S/C14H20N2O2/c1-11(2)16-13(8-15)10-18-14-6-4-5-12(7-14)9-17-3/h4-7,11,13,16H,9-10H2,1-3H3. The number of rotatable bonds is 7. The van der Waals surface area contributed by atoms with E-state index in [2.05, 4.69) is 11.4 Å². The van der Waals surface area contributed by atoms with E-state index in [0.29, 0.717) is 13.2 Å². The van der Waals surface area contributed by atoms with Gasteiger partial charge in [0.05, 0.1) is 12.7 Å². The van der Waals surface area contributed by atoms with Crippen molar-refractivity contribution in [2.45, 2.75) is 32.5 Å². The van der Waals surface area contributed by atoms with Gasteiger partial charge in [-0.3, -0.25) is 5.32 Å². The number of methoxy groups -OCH3 is 1. The van der Waals surface area contributed by atoms with Crippen LogP contribution in [0.5, 0.6) is 5.75 Å². The van der Waals surface area contributed by atoms with Crippen LogP contribution in [0.25, 0.3) is 0 Å². The minimum atomic E-state index is -0.295. The van der Waals surface area contributed by atoms with Crippen molar-refractivity contribution >= 4 is 0 Å². The number of nitriles is 1. The van der Waals surface area contributed by atoms with Gasteiger partial charge in [0.2, 0.25) is 0 Å². The minimum Gasteiger partial charge on any atom is -0.491 e. The first-order valence-corrected chi connectivity index (χ1v) is 6.02. The number of hydrogen-bond donors (Lipinski definition) is 1. The summed E-state index contributed by atoms with van der Waals surface area (Å²) < 4.78 is 10.7. The second kappa shape index (κ2) is 7.70. The number of nitrogens with one attached hydrogen (secondary N) is 1. The molecule has 0 amide bonds. The Kier molecular flexibility index (Phi) is 6.20. The van der Waals surface area contributed by atoms with Gasteiger partial charge in [-0.25, -0.2) is 0 Å². The maximum Gasteiger partial charge on any atom is 0.130 e. The summed E-state index contributed by atoms with van der Waals surface area (Å²) in [5.74, 6) is 0.760. The number of ether oxygens (including phenoxy) is 2. The predicted octanol–water partition coefficient (Wildman–Crippen LogP) is 2.10. The average Bonchev–Trinajstić information content (AvgIpc) is 2.35. The lowest BCUT2D eigenvalue weighted by atomic mass is 10.2. The van der Waals surface area contributed by atoms with Gasteiger partial charge >= 0.3 is 0 Å². The van der Waals surface area contributed by atoms with Gasteiger partial charge < -0.3 is 9.47 Å². The highest BCUT2D eigenvalue weighted by Crippen LogP contribution is 2.14. The van der Waals surface area contributed by atoms with E-state index in [1.54, 1.807) is 7.11 Å².